The van der Waals surface area contributed by atoms with Crippen LogP contribution in [0.15, 0.2) is 71.3 Å². The molecule has 4 rings (SSSR count). The third-order valence-electron chi connectivity index (χ3n) is 4.16. The molecule has 0 unspecified atom stereocenters. The van der Waals surface area contributed by atoms with Gasteiger partial charge in [-0.2, -0.15) is 5.10 Å². The number of nitrogens with zero attached hydrogens (tertiary/aromatic N) is 4. The minimum atomic E-state index is -0.259. The van der Waals surface area contributed by atoms with Crippen molar-refractivity contribution in [3.8, 4) is 17.2 Å². The Labute approximate surface area is 167 Å². The predicted octanol–water partition coefficient (Wildman–Crippen LogP) is 3.78. The number of ether oxygens (including phenoxy) is 1. The van der Waals surface area contributed by atoms with Crippen molar-refractivity contribution >= 4 is 11.6 Å². The normalized spacial score (nSPS) is 10.7. The van der Waals surface area contributed by atoms with Crippen LogP contribution in [0.4, 0.5) is 5.69 Å². The van der Waals surface area contributed by atoms with Crippen LogP contribution in [0.1, 0.15) is 23.3 Å². The fourth-order valence-electron chi connectivity index (χ4n) is 2.64. The molecule has 8 heteroatoms. The summed E-state index contributed by atoms with van der Waals surface area (Å²) in [6.45, 7) is 2.83. The molecule has 0 spiro atoms. The number of amides is 1. The van der Waals surface area contributed by atoms with E-state index in [9.17, 15) is 4.79 Å². The number of hydrogen-bond donors (Lipinski definition) is 1. The van der Waals surface area contributed by atoms with E-state index < -0.39 is 0 Å². The molecule has 0 fully saturated rings. The molecule has 0 aliphatic heterocycles. The number of rotatable bonds is 7. The summed E-state index contributed by atoms with van der Waals surface area (Å²) in [6.07, 6.45) is 1.77. The van der Waals surface area contributed by atoms with Crippen molar-refractivity contribution in [2.24, 2.45) is 0 Å². The quantitative estimate of drug-likeness (QED) is 0.517. The fourth-order valence-corrected chi connectivity index (χ4v) is 2.64. The van der Waals surface area contributed by atoms with E-state index in [4.69, 9.17) is 9.15 Å². The highest BCUT2D eigenvalue weighted by Crippen LogP contribution is 2.20. The Balaban J connectivity index is 1.33. The largest absolute Gasteiger partial charge is 0.484 e. The Kier molecular flexibility index (Phi) is 5.33. The summed E-state index contributed by atoms with van der Waals surface area (Å²) in [7, 11) is 0. The summed E-state index contributed by atoms with van der Waals surface area (Å²) in [5.41, 5.74) is 1.88. The summed E-state index contributed by atoms with van der Waals surface area (Å²) in [5.74, 6) is 1.20. The van der Waals surface area contributed by atoms with E-state index in [2.05, 4.69) is 20.6 Å². The molecule has 0 atom stereocenters. The van der Waals surface area contributed by atoms with Gasteiger partial charge in [0.05, 0.1) is 0 Å². The van der Waals surface area contributed by atoms with Gasteiger partial charge in [0.2, 0.25) is 5.89 Å². The van der Waals surface area contributed by atoms with Crippen molar-refractivity contribution in [3.63, 3.8) is 0 Å². The van der Waals surface area contributed by atoms with Gasteiger partial charge in [0.1, 0.15) is 5.75 Å². The SMILES string of the molecule is CCn1ccc(C(=O)Nc2ccc(OCc3nnc(-c4ccccc4)o3)cc2)n1. The van der Waals surface area contributed by atoms with E-state index in [-0.39, 0.29) is 12.5 Å². The Morgan fingerprint density at radius 1 is 1.07 bits per heavy atom. The van der Waals surface area contributed by atoms with Crippen LogP contribution in [0.2, 0.25) is 0 Å². The second-order valence-corrected chi connectivity index (χ2v) is 6.19. The molecule has 2 aromatic carbocycles. The molecule has 4 aromatic rings. The van der Waals surface area contributed by atoms with Crippen molar-refractivity contribution in [1.29, 1.82) is 0 Å². The molecule has 0 aliphatic rings. The Hall–Kier alpha value is -3.94. The minimum Gasteiger partial charge on any atom is -0.484 e. The van der Waals surface area contributed by atoms with Crippen LogP contribution >= 0.6 is 0 Å². The molecule has 29 heavy (non-hydrogen) atoms. The van der Waals surface area contributed by atoms with Crippen molar-refractivity contribution in [3.05, 3.63) is 78.4 Å². The van der Waals surface area contributed by atoms with Crippen LogP contribution in [0.25, 0.3) is 11.5 Å². The number of hydrogen-bond acceptors (Lipinski definition) is 6. The number of carbonyl (C=O) groups excluding carboxylic acids is 1. The molecule has 0 saturated carbocycles. The maximum absolute atomic E-state index is 12.2. The van der Waals surface area contributed by atoms with Gasteiger partial charge in [0.15, 0.2) is 12.3 Å². The van der Waals surface area contributed by atoms with E-state index in [1.165, 1.54) is 0 Å². The molecule has 1 N–H and O–H groups in total. The molecule has 2 heterocycles. The lowest BCUT2D eigenvalue weighted by molar-refractivity contribution is 0.102. The van der Waals surface area contributed by atoms with Crippen molar-refractivity contribution in [2.45, 2.75) is 20.1 Å². The zero-order valence-corrected chi connectivity index (χ0v) is 15.8. The van der Waals surface area contributed by atoms with Crippen LogP contribution < -0.4 is 10.1 Å². The molecule has 0 radical (unpaired) electrons. The van der Waals surface area contributed by atoms with Gasteiger partial charge in [-0.1, -0.05) is 18.2 Å². The fraction of sp³-hybridized carbons (Fsp3) is 0.143. The summed E-state index contributed by atoms with van der Waals surface area (Å²) >= 11 is 0. The first kappa shape index (κ1) is 18.4. The number of benzene rings is 2. The number of anilines is 1. The minimum absolute atomic E-state index is 0.153. The van der Waals surface area contributed by atoms with Crippen molar-refractivity contribution < 1.29 is 13.9 Å². The van der Waals surface area contributed by atoms with Crippen LogP contribution in [-0.4, -0.2) is 25.9 Å². The Bertz CT molecular complexity index is 1090. The summed E-state index contributed by atoms with van der Waals surface area (Å²) in [6, 6.07) is 18.3. The Morgan fingerprint density at radius 2 is 1.86 bits per heavy atom. The van der Waals surface area contributed by atoms with E-state index in [0.717, 1.165) is 5.56 Å². The topological polar surface area (TPSA) is 95.1 Å². The standard InChI is InChI=1S/C21H19N5O3/c1-2-26-13-12-18(25-26)20(27)22-16-8-10-17(11-9-16)28-14-19-23-24-21(29-19)15-6-4-3-5-7-15/h3-13H,2,14H2,1H3,(H,22,27). The summed E-state index contributed by atoms with van der Waals surface area (Å²) in [5, 5.41) is 15.0. The molecule has 0 saturated heterocycles. The Morgan fingerprint density at radius 3 is 2.59 bits per heavy atom. The molecule has 0 bridgehead atoms. The second kappa shape index (κ2) is 8.39. The van der Waals surface area contributed by atoms with E-state index >= 15 is 0 Å². The molecule has 1 amide bonds. The van der Waals surface area contributed by atoms with Gasteiger partial charge in [-0.15, -0.1) is 10.2 Å². The van der Waals surface area contributed by atoms with Crippen LogP contribution in [0, 0.1) is 0 Å². The first-order chi connectivity index (χ1) is 14.2. The molecule has 0 aliphatic carbocycles. The zero-order valence-electron chi connectivity index (χ0n) is 15.8. The van der Waals surface area contributed by atoms with Gasteiger partial charge in [-0.05, 0) is 49.4 Å². The molecule has 2 aromatic heterocycles. The first-order valence-corrected chi connectivity index (χ1v) is 9.17. The van der Waals surface area contributed by atoms with Gasteiger partial charge in [-0.25, -0.2) is 0 Å². The monoisotopic (exact) mass is 389 g/mol. The van der Waals surface area contributed by atoms with Crippen LogP contribution in [0.3, 0.4) is 0 Å². The predicted molar refractivity (Wildman–Crippen MR) is 106 cm³/mol. The number of aromatic nitrogens is 4. The second-order valence-electron chi connectivity index (χ2n) is 6.19. The average molecular weight is 389 g/mol. The lowest BCUT2D eigenvalue weighted by atomic mass is 10.2. The van der Waals surface area contributed by atoms with Gasteiger partial charge >= 0.3 is 0 Å². The molecule has 8 nitrogen and oxygen atoms in total. The number of aryl methyl sites for hydroxylation is 1. The highest BCUT2D eigenvalue weighted by molar-refractivity contribution is 6.02. The van der Waals surface area contributed by atoms with Crippen molar-refractivity contribution in [2.75, 3.05) is 5.32 Å². The van der Waals surface area contributed by atoms with E-state index in [1.54, 1.807) is 41.2 Å². The van der Waals surface area contributed by atoms with E-state index in [0.29, 0.717) is 35.5 Å². The number of carbonyl (C=O) groups is 1. The average Bonchev–Trinajstić information content (AvgIpc) is 3.44. The van der Waals surface area contributed by atoms with Crippen LogP contribution in [0.5, 0.6) is 5.75 Å². The van der Waals surface area contributed by atoms with E-state index in [1.807, 2.05) is 37.3 Å². The van der Waals surface area contributed by atoms with Gasteiger partial charge in [0, 0.05) is 24.0 Å². The first-order valence-electron chi connectivity index (χ1n) is 9.17. The van der Waals surface area contributed by atoms with Gasteiger partial charge in [-0.3, -0.25) is 9.48 Å². The molecular weight excluding hydrogens is 370 g/mol. The number of nitrogens with one attached hydrogen (secondary N) is 1. The molecular formula is C21H19N5O3. The summed E-state index contributed by atoms with van der Waals surface area (Å²) in [4.78, 5) is 12.2. The third-order valence-corrected chi connectivity index (χ3v) is 4.16. The lowest BCUT2D eigenvalue weighted by Crippen LogP contribution is -2.13. The van der Waals surface area contributed by atoms with Crippen molar-refractivity contribution in [1.82, 2.24) is 20.0 Å². The highest BCUT2D eigenvalue weighted by Gasteiger charge is 2.11. The summed E-state index contributed by atoms with van der Waals surface area (Å²) < 4.78 is 13.0. The van der Waals surface area contributed by atoms with Gasteiger partial charge in [0.25, 0.3) is 11.8 Å². The van der Waals surface area contributed by atoms with Crippen LogP contribution in [-0.2, 0) is 13.2 Å². The zero-order chi connectivity index (χ0) is 20.1. The smallest absolute Gasteiger partial charge is 0.276 e. The lowest BCUT2D eigenvalue weighted by Gasteiger charge is -2.06. The molecule has 146 valence electrons. The maximum atomic E-state index is 12.2. The maximum Gasteiger partial charge on any atom is 0.276 e. The van der Waals surface area contributed by atoms with Gasteiger partial charge < -0.3 is 14.5 Å². The third kappa shape index (κ3) is 4.49. The highest BCUT2D eigenvalue weighted by atomic mass is 16.5.